The smallest absolute Gasteiger partial charge is 0.251 e. The van der Waals surface area contributed by atoms with Gasteiger partial charge in [0, 0.05) is 30.2 Å². The largest absolute Gasteiger partial charge is 0.493 e. The lowest BCUT2D eigenvalue weighted by atomic mass is 10.1. The molecular formula is C20H21N3O4. The molecule has 0 spiro atoms. The third-order valence-electron chi connectivity index (χ3n) is 4.12. The van der Waals surface area contributed by atoms with Crippen LogP contribution in [0.25, 0.3) is 5.69 Å². The third-order valence-corrected chi connectivity index (χ3v) is 4.12. The molecule has 7 nitrogen and oxygen atoms in total. The summed E-state index contributed by atoms with van der Waals surface area (Å²) in [5.74, 6) is 1.10. The molecule has 3 aromatic rings. The number of hydrogen-bond donors (Lipinski definition) is 1. The first kappa shape index (κ1) is 18.3. The summed E-state index contributed by atoms with van der Waals surface area (Å²) in [4.78, 5) is 16.6. The topological polar surface area (TPSA) is 74.6 Å². The predicted octanol–water partition coefficient (Wildman–Crippen LogP) is 2.83. The monoisotopic (exact) mass is 367 g/mol. The lowest BCUT2D eigenvalue weighted by molar-refractivity contribution is 0.0950. The van der Waals surface area contributed by atoms with Crippen molar-refractivity contribution in [3.05, 3.63) is 66.2 Å². The molecule has 0 aliphatic carbocycles. The summed E-state index contributed by atoms with van der Waals surface area (Å²) in [7, 11) is 4.55. The zero-order chi connectivity index (χ0) is 19.2. The van der Waals surface area contributed by atoms with Crippen molar-refractivity contribution in [2.75, 3.05) is 21.3 Å². The molecule has 1 heterocycles. The lowest BCUT2D eigenvalue weighted by Gasteiger charge is -2.14. The van der Waals surface area contributed by atoms with Crippen LogP contribution in [0.15, 0.2) is 55.1 Å². The quantitative estimate of drug-likeness (QED) is 0.695. The van der Waals surface area contributed by atoms with E-state index in [1.165, 1.54) is 21.3 Å². The number of nitrogens with zero attached hydrogens (tertiary/aromatic N) is 2. The zero-order valence-electron chi connectivity index (χ0n) is 15.4. The van der Waals surface area contributed by atoms with Gasteiger partial charge in [-0.2, -0.15) is 0 Å². The molecule has 0 saturated carbocycles. The Morgan fingerprint density at radius 3 is 2.22 bits per heavy atom. The first-order chi connectivity index (χ1) is 13.2. The molecule has 3 rings (SSSR count). The van der Waals surface area contributed by atoms with Gasteiger partial charge in [-0.05, 0) is 29.8 Å². The number of carbonyl (C=O) groups excluding carboxylic acids is 1. The number of aromatic nitrogens is 2. The van der Waals surface area contributed by atoms with Crippen LogP contribution in [-0.2, 0) is 6.54 Å². The summed E-state index contributed by atoms with van der Waals surface area (Å²) in [6.45, 7) is 0.402. The summed E-state index contributed by atoms with van der Waals surface area (Å²) in [5, 5.41) is 2.90. The Hall–Kier alpha value is -3.48. The average molecular weight is 367 g/mol. The van der Waals surface area contributed by atoms with Gasteiger partial charge in [-0.1, -0.05) is 12.1 Å². The summed E-state index contributed by atoms with van der Waals surface area (Å²) < 4.78 is 17.8. The van der Waals surface area contributed by atoms with Gasteiger partial charge in [-0.3, -0.25) is 4.79 Å². The minimum Gasteiger partial charge on any atom is -0.493 e. The molecule has 0 atom stereocenters. The minimum atomic E-state index is -0.229. The SMILES string of the molecule is COc1cc(C(=O)NCc2ccc(-n3ccnc3)cc2)cc(OC)c1OC. The van der Waals surface area contributed by atoms with E-state index in [0.717, 1.165) is 11.3 Å². The lowest BCUT2D eigenvalue weighted by Crippen LogP contribution is -2.23. The molecule has 0 saturated heterocycles. The van der Waals surface area contributed by atoms with Gasteiger partial charge in [0.15, 0.2) is 11.5 Å². The van der Waals surface area contributed by atoms with Crippen molar-refractivity contribution in [2.24, 2.45) is 0 Å². The fourth-order valence-electron chi connectivity index (χ4n) is 2.69. The van der Waals surface area contributed by atoms with Crippen molar-refractivity contribution < 1.29 is 19.0 Å². The van der Waals surface area contributed by atoms with Crippen molar-refractivity contribution in [2.45, 2.75) is 6.54 Å². The fourth-order valence-corrected chi connectivity index (χ4v) is 2.69. The van der Waals surface area contributed by atoms with Crippen LogP contribution in [0.4, 0.5) is 0 Å². The number of ether oxygens (including phenoxy) is 3. The average Bonchev–Trinajstić information content (AvgIpc) is 3.26. The molecule has 27 heavy (non-hydrogen) atoms. The molecule has 0 aliphatic rings. The van der Waals surface area contributed by atoms with E-state index in [1.807, 2.05) is 35.0 Å². The third kappa shape index (κ3) is 4.03. The number of benzene rings is 2. The maximum Gasteiger partial charge on any atom is 0.251 e. The Balaban J connectivity index is 1.70. The van der Waals surface area contributed by atoms with Gasteiger partial charge in [-0.15, -0.1) is 0 Å². The maximum atomic E-state index is 12.5. The number of nitrogens with one attached hydrogen (secondary N) is 1. The number of amides is 1. The molecule has 0 aliphatic heterocycles. The molecule has 7 heteroatoms. The number of rotatable bonds is 7. The minimum absolute atomic E-state index is 0.229. The molecule has 0 unspecified atom stereocenters. The van der Waals surface area contributed by atoms with E-state index in [-0.39, 0.29) is 5.91 Å². The Bertz CT molecular complexity index is 880. The Morgan fingerprint density at radius 1 is 1.04 bits per heavy atom. The van der Waals surface area contributed by atoms with Gasteiger partial charge in [0.1, 0.15) is 0 Å². The second-order valence-electron chi connectivity index (χ2n) is 5.73. The first-order valence-corrected chi connectivity index (χ1v) is 8.31. The summed E-state index contributed by atoms with van der Waals surface area (Å²) in [5.41, 5.74) is 2.42. The Morgan fingerprint density at radius 2 is 1.70 bits per heavy atom. The molecular weight excluding hydrogens is 346 g/mol. The Kier molecular flexibility index (Phi) is 5.61. The van der Waals surface area contributed by atoms with Crippen molar-refractivity contribution in [3.63, 3.8) is 0 Å². The van der Waals surface area contributed by atoms with Crippen LogP contribution in [0, 0.1) is 0 Å². The molecule has 2 aromatic carbocycles. The molecule has 1 N–H and O–H groups in total. The van der Waals surface area contributed by atoms with Gasteiger partial charge in [-0.25, -0.2) is 4.98 Å². The maximum absolute atomic E-state index is 12.5. The van der Waals surface area contributed by atoms with Crippen molar-refractivity contribution >= 4 is 5.91 Å². The normalized spacial score (nSPS) is 10.3. The summed E-state index contributed by atoms with van der Waals surface area (Å²) in [6.07, 6.45) is 5.34. The van der Waals surface area contributed by atoms with E-state index < -0.39 is 0 Å². The highest BCUT2D eigenvalue weighted by Crippen LogP contribution is 2.38. The number of methoxy groups -OCH3 is 3. The molecule has 0 fully saturated rings. The van der Waals surface area contributed by atoms with Crippen molar-refractivity contribution in [3.8, 4) is 22.9 Å². The standard InChI is InChI=1S/C20H21N3O4/c1-25-17-10-15(11-18(26-2)19(17)27-3)20(24)22-12-14-4-6-16(7-5-14)23-9-8-21-13-23/h4-11,13H,12H2,1-3H3,(H,22,24). The van der Waals surface area contributed by atoms with Crippen LogP contribution >= 0.6 is 0 Å². The molecule has 0 bridgehead atoms. The number of hydrogen-bond acceptors (Lipinski definition) is 5. The first-order valence-electron chi connectivity index (χ1n) is 8.31. The molecule has 0 radical (unpaired) electrons. The molecule has 1 aromatic heterocycles. The van der Waals surface area contributed by atoms with Crippen LogP contribution < -0.4 is 19.5 Å². The van der Waals surface area contributed by atoms with Crippen molar-refractivity contribution in [1.82, 2.24) is 14.9 Å². The van der Waals surface area contributed by atoms with E-state index in [0.29, 0.717) is 29.4 Å². The van der Waals surface area contributed by atoms with Crippen LogP contribution in [0.3, 0.4) is 0 Å². The highest BCUT2D eigenvalue weighted by molar-refractivity contribution is 5.95. The number of carbonyl (C=O) groups is 1. The van der Waals surface area contributed by atoms with E-state index in [1.54, 1.807) is 24.7 Å². The Labute approximate surface area is 157 Å². The van der Waals surface area contributed by atoms with E-state index >= 15 is 0 Å². The molecule has 1 amide bonds. The highest BCUT2D eigenvalue weighted by Gasteiger charge is 2.16. The van der Waals surface area contributed by atoms with E-state index in [4.69, 9.17) is 14.2 Å². The van der Waals surface area contributed by atoms with Crippen LogP contribution in [0.2, 0.25) is 0 Å². The fraction of sp³-hybridized carbons (Fsp3) is 0.200. The highest BCUT2D eigenvalue weighted by atomic mass is 16.5. The second-order valence-corrected chi connectivity index (χ2v) is 5.73. The predicted molar refractivity (Wildman–Crippen MR) is 101 cm³/mol. The summed E-state index contributed by atoms with van der Waals surface area (Å²) in [6, 6.07) is 11.1. The van der Waals surface area contributed by atoms with Gasteiger partial charge >= 0.3 is 0 Å². The molecule has 140 valence electrons. The van der Waals surface area contributed by atoms with Gasteiger partial charge in [0.25, 0.3) is 5.91 Å². The number of imidazole rings is 1. The summed E-state index contributed by atoms with van der Waals surface area (Å²) >= 11 is 0. The van der Waals surface area contributed by atoms with E-state index in [2.05, 4.69) is 10.3 Å². The van der Waals surface area contributed by atoms with Gasteiger partial charge < -0.3 is 24.1 Å². The van der Waals surface area contributed by atoms with Crippen LogP contribution in [0.1, 0.15) is 15.9 Å². The second kappa shape index (κ2) is 8.27. The van der Waals surface area contributed by atoms with Gasteiger partial charge in [0.2, 0.25) is 5.75 Å². The van der Waals surface area contributed by atoms with E-state index in [9.17, 15) is 4.79 Å². The van der Waals surface area contributed by atoms with Crippen molar-refractivity contribution in [1.29, 1.82) is 0 Å². The van der Waals surface area contributed by atoms with Gasteiger partial charge in [0.05, 0.1) is 27.7 Å². The zero-order valence-corrected chi connectivity index (χ0v) is 15.4. The van der Waals surface area contributed by atoms with Crippen LogP contribution in [-0.4, -0.2) is 36.8 Å². The van der Waals surface area contributed by atoms with Crippen LogP contribution in [0.5, 0.6) is 17.2 Å².